The molecule has 7 heteroatoms. The predicted octanol–water partition coefficient (Wildman–Crippen LogP) is 7.46. The Morgan fingerprint density at radius 3 is 0.774 bits per heavy atom. The van der Waals surface area contributed by atoms with Crippen molar-refractivity contribution in [2.24, 2.45) is 0 Å². The van der Waals surface area contributed by atoms with Gasteiger partial charge in [0, 0.05) is 19.3 Å². The number of carboxylic acid groups (broad SMARTS) is 3. The van der Waals surface area contributed by atoms with E-state index in [9.17, 15) is 14.4 Å². The zero-order valence-corrected chi connectivity index (χ0v) is 20.5. The molecule has 0 rings (SSSR count). The van der Waals surface area contributed by atoms with Crippen LogP contribution in [-0.2, 0) is 14.4 Å². The van der Waals surface area contributed by atoms with Crippen molar-refractivity contribution in [3.05, 3.63) is 0 Å². The Morgan fingerprint density at radius 2 is 0.613 bits per heavy atom. The summed E-state index contributed by atoms with van der Waals surface area (Å²) < 4.78 is 0. The average Bonchev–Trinajstić information content (AvgIpc) is 2.68. The van der Waals surface area contributed by atoms with Crippen LogP contribution in [-0.4, -0.2) is 33.2 Å². The third-order valence-corrected chi connectivity index (χ3v) is 4.48. The van der Waals surface area contributed by atoms with Gasteiger partial charge < -0.3 is 21.5 Å². The summed E-state index contributed by atoms with van der Waals surface area (Å²) in [5.74, 6) is -2.01. The molecule has 0 radical (unpaired) electrons. The second-order valence-corrected chi connectivity index (χ2v) is 7.67. The minimum absolute atomic E-state index is 0. The van der Waals surface area contributed by atoms with Gasteiger partial charge in [-0.05, 0) is 19.3 Å². The van der Waals surface area contributed by atoms with Crippen molar-refractivity contribution in [2.75, 3.05) is 0 Å². The molecular weight excluding hydrogens is 398 g/mol. The number of carboxylic acids is 3. The summed E-state index contributed by atoms with van der Waals surface area (Å²) in [5, 5.41) is 24.8. The Morgan fingerprint density at radius 1 is 0.419 bits per heavy atom. The Balaban J connectivity index is -0.000000174. The number of rotatable bonds is 18. The third-order valence-electron chi connectivity index (χ3n) is 4.48. The quantitative estimate of drug-likeness (QED) is 0.159. The molecule has 0 saturated heterocycles. The zero-order valence-electron chi connectivity index (χ0n) is 20.5. The topological polar surface area (TPSA) is 147 Å². The first-order valence-electron chi connectivity index (χ1n) is 12.0. The lowest BCUT2D eigenvalue weighted by Gasteiger charge is -1.95. The highest BCUT2D eigenvalue weighted by Crippen LogP contribution is 2.05. The van der Waals surface area contributed by atoms with Crippen LogP contribution in [0.15, 0.2) is 0 Å². The van der Waals surface area contributed by atoms with Gasteiger partial charge in [-0.3, -0.25) is 14.4 Å². The van der Waals surface area contributed by atoms with Crippen molar-refractivity contribution in [1.82, 2.24) is 6.15 Å². The van der Waals surface area contributed by atoms with Crippen LogP contribution in [0.5, 0.6) is 0 Å². The smallest absolute Gasteiger partial charge is 0.303 e. The van der Waals surface area contributed by atoms with Crippen LogP contribution in [0.4, 0.5) is 0 Å². The van der Waals surface area contributed by atoms with E-state index >= 15 is 0 Å². The molecule has 0 spiro atoms. The van der Waals surface area contributed by atoms with Crippen molar-refractivity contribution in [1.29, 1.82) is 0 Å². The molecule has 7 nitrogen and oxygen atoms in total. The molecule has 0 atom stereocenters. The highest BCUT2D eigenvalue weighted by atomic mass is 16.4. The summed E-state index contributed by atoms with van der Waals surface area (Å²) in [7, 11) is 0. The first-order chi connectivity index (χ1) is 14.3. The lowest BCUT2D eigenvalue weighted by atomic mass is 10.1. The summed E-state index contributed by atoms with van der Waals surface area (Å²) in [5.41, 5.74) is 0. The van der Waals surface area contributed by atoms with E-state index in [4.69, 9.17) is 15.3 Å². The number of hydrogen-bond donors (Lipinski definition) is 4. The summed E-state index contributed by atoms with van der Waals surface area (Å²) in [6.07, 6.45) is 17.7. The lowest BCUT2D eigenvalue weighted by molar-refractivity contribution is -0.138. The van der Waals surface area contributed by atoms with Crippen LogP contribution >= 0.6 is 0 Å². The maximum atomic E-state index is 10.0. The minimum atomic E-state index is -0.670. The Labute approximate surface area is 190 Å². The van der Waals surface area contributed by atoms with Gasteiger partial charge in [0.25, 0.3) is 0 Å². The van der Waals surface area contributed by atoms with E-state index in [1.165, 1.54) is 57.8 Å². The molecule has 0 fully saturated rings. The molecule has 0 heterocycles. The molecule has 0 bridgehead atoms. The normalized spacial score (nSPS) is 9.39. The van der Waals surface area contributed by atoms with Gasteiger partial charge in [-0.15, -0.1) is 0 Å². The molecule has 188 valence electrons. The SMILES string of the molecule is CCCCCCCC(=O)O.CCCCCCCC(=O)O.CCCCCCCC(=O)O.N. The van der Waals surface area contributed by atoms with Gasteiger partial charge in [-0.1, -0.05) is 97.8 Å². The van der Waals surface area contributed by atoms with Crippen molar-refractivity contribution in [2.45, 2.75) is 136 Å². The zero-order chi connectivity index (χ0) is 23.5. The number of hydrogen-bond acceptors (Lipinski definition) is 4. The summed E-state index contributed by atoms with van der Waals surface area (Å²) in [4.78, 5) is 30.1. The van der Waals surface area contributed by atoms with Gasteiger partial charge in [0.05, 0.1) is 0 Å². The van der Waals surface area contributed by atoms with Crippen molar-refractivity contribution >= 4 is 17.9 Å². The fourth-order valence-corrected chi connectivity index (χ4v) is 2.64. The van der Waals surface area contributed by atoms with Crippen LogP contribution in [0.1, 0.15) is 136 Å². The first kappa shape index (κ1) is 36.7. The Kier molecular flexibility index (Phi) is 39.1. The van der Waals surface area contributed by atoms with Crippen LogP contribution in [0.25, 0.3) is 0 Å². The number of carbonyl (C=O) groups is 3. The van der Waals surface area contributed by atoms with Crippen molar-refractivity contribution < 1.29 is 29.7 Å². The molecule has 0 amide bonds. The average molecular weight is 450 g/mol. The van der Waals surface area contributed by atoms with Crippen LogP contribution < -0.4 is 6.15 Å². The van der Waals surface area contributed by atoms with E-state index in [2.05, 4.69) is 20.8 Å². The maximum Gasteiger partial charge on any atom is 0.303 e. The van der Waals surface area contributed by atoms with E-state index in [0.717, 1.165) is 38.5 Å². The van der Waals surface area contributed by atoms with Gasteiger partial charge in [0.15, 0.2) is 0 Å². The van der Waals surface area contributed by atoms with Gasteiger partial charge in [-0.25, -0.2) is 0 Å². The molecule has 0 aliphatic carbocycles. The molecular formula is C24H51NO6. The van der Waals surface area contributed by atoms with Gasteiger partial charge in [-0.2, -0.15) is 0 Å². The predicted molar refractivity (Wildman–Crippen MR) is 128 cm³/mol. The summed E-state index contributed by atoms with van der Waals surface area (Å²) >= 11 is 0. The molecule has 6 N–H and O–H groups in total. The maximum absolute atomic E-state index is 10.0. The summed E-state index contributed by atoms with van der Waals surface area (Å²) in [6, 6.07) is 0. The van der Waals surface area contributed by atoms with E-state index in [-0.39, 0.29) is 6.15 Å². The number of unbranched alkanes of at least 4 members (excludes halogenated alkanes) is 12. The van der Waals surface area contributed by atoms with E-state index in [0.29, 0.717) is 19.3 Å². The van der Waals surface area contributed by atoms with Gasteiger partial charge in [0.2, 0.25) is 0 Å². The fourth-order valence-electron chi connectivity index (χ4n) is 2.64. The molecule has 0 aromatic heterocycles. The second-order valence-electron chi connectivity index (χ2n) is 7.67. The van der Waals surface area contributed by atoms with Crippen LogP contribution in [0.2, 0.25) is 0 Å². The largest absolute Gasteiger partial charge is 0.481 e. The molecule has 0 aromatic carbocycles. The molecule has 0 saturated carbocycles. The second kappa shape index (κ2) is 33.0. The molecule has 0 aliphatic heterocycles. The van der Waals surface area contributed by atoms with Crippen LogP contribution in [0.3, 0.4) is 0 Å². The monoisotopic (exact) mass is 449 g/mol. The van der Waals surface area contributed by atoms with Crippen molar-refractivity contribution in [3.63, 3.8) is 0 Å². The van der Waals surface area contributed by atoms with E-state index in [1.807, 2.05) is 0 Å². The van der Waals surface area contributed by atoms with Gasteiger partial charge in [0.1, 0.15) is 0 Å². The highest BCUT2D eigenvalue weighted by Gasteiger charge is 1.96. The fraction of sp³-hybridized carbons (Fsp3) is 0.875. The third kappa shape index (κ3) is 52.6. The Bertz CT molecular complexity index is 331. The van der Waals surface area contributed by atoms with E-state index < -0.39 is 17.9 Å². The Hall–Kier alpha value is -1.63. The molecule has 0 unspecified atom stereocenters. The van der Waals surface area contributed by atoms with E-state index in [1.54, 1.807) is 0 Å². The number of aliphatic carboxylic acids is 3. The van der Waals surface area contributed by atoms with Crippen molar-refractivity contribution in [3.8, 4) is 0 Å². The molecule has 31 heavy (non-hydrogen) atoms. The van der Waals surface area contributed by atoms with Crippen LogP contribution in [0, 0.1) is 0 Å². The standard InChI is InChI=1S/3C8H16O2.H3N/c3*1-2-3-4-5-6-7-8(9)10;/h3*2-7H2,1H3,(H,9,10);1H3. The first-order valence-corrected chi connectivity index (χ1v) is 12.0. The van der Waals surface area contributed by atoms with Gasteiger partial charge >= 0.3 is 17.9 Å². The highest BCUT2D eigenvalue weighted by molar-refractivity contribution is 5.67. The molecule has 0 aromatic rings. The lowest BCUT2D eigenvalue weighted by Crippen LogP contribution is -1.93. The minimum Gasteiger partial charge on any atom is -0.481 e. The summed E-state index contributed by atoms with van der Waals surface area (Å²) in [6.45, 7) is 6.45. The molecule has 0 aliphatic rings.